The van der Waals surface area contributed by atoms with E-state index in [0.717, 1.165) is 0 Å². The van der Waals surface area contributed by atoms with Crippen molar-refractivity contribution in [3.05, 3.63) is 27.7 Å². The highest BCUT2D eigenvalue weighted by atomic mass is 35.5. The molecule has 0 atom stereocenters. The molecular formula is C12H13ClFN3O2S. The number of fused-ring (bicyclic) bond motifs is 1. The first-order chi connectivity index (χ1) is 9.52. The van der Waals surface area contributed by atoms with E-state index in [-0.39, 0.29) is 17.5 Å². The van der Waals surface area contributed by atoms with Crippen LogP contribution in [-0.4, -0.2) is 35.7 Å². The zero-order valence-corrected chi connectivity index (χ0v) is 12.3. The maximum Gasteiger partial charge on any atom is 0.240 e. The Balaban J connectivity index is 2.25. The third-order valence-electron chi connectivity index (χ3n) is 2.75. The van der Waals surface area contributed by atoms with Gasteiger partial charge in [-0.3, -0.25) is 4.79 Å². The fourth-order valence-corrected chi connectivity index (χ4v) is 2.24. The van der Waals surface area contributed by atoms with Gasteiger partial charge in [0.15, 0.2) is 4.77 Å². The molecule has 2 rings (SSSR count). The normalized spacial score (nSPS) is 10.9. The predicted octanol–water partition coefficient (Wildman–Crippen LogP) is 2.25. The fourth-order valence-electron chi connectivity index (χ4n) is 1.80. The summed E-state index contributed by atoms with van der Waals surface area (Å²) < 4.78 is 20.2. The zero-order chi connectivity index (χ0) is 14.7. The lowest BCUT2D eigenvalue weighted by molar-refractivity contribution is -0.121. The van der Waals surface area contributed by atoms with Crippen molar-refractivity contribution in [2.24, 2.45) is 0 Å². The topological polar surface area (TPSA) is 59.0 Å². The molecule has 1 amide bonds. The first kappa shape index (κ1) is 15.0. The van der Waals surface area contributed by atoms with Crippen molar-refractivity contribution in [1.82, 2.24) is 14.9 Å². The number of aromatic nitrogens is 2. The minimum absolute atomic E-state index is 0.00359. The van der Waals surface area contributed by atoms with Crippen molar-refractivity contribution in [3.8, 4) is 0 Å². The summed E-state index contributed by atoms with van der Waals surface area (Å²) >= 11 is 10.8. The molecule has 0 aliphatic heterocycles. The van der Waals surface area contributed by atoms with Crippen LogP contribution in [0.4, 0.5) is 4.39 Å². The molecule has 1 aromatic carbocycles. The number of methoxy groups -OCH3 is 1. The maximum absolute atomic E-state index is 13.5. The molecule has 0 bridgehead atoms. The number of carbonyl (C=O) groups excluding carboxylic acids is 1. The Bertz CT molecular complexity index is 698. The third kappa shape index (κ3) is 3.17. The molecular weight excluding hydrogens is 305 g/mol. The van der Waals surface area contributed by atoms with Crippen molar-refractivity contribution in [3.63, 3.8) is 0 Å². The molecule has 108 valence electrons. The van der Waals surface area contributed by atoms with Crippen LogP contribution in [0.25, 0.3) is 11.0 Å². The molecule has 5 nitrogen and oxygen atoms in total. The quantitative estimate of drug-likeness (QED) is 0.657. The lowest BCUT2D eigenvalue weighted by Gasteiger charge is -2.06. The summed E-state index contributed by atoms with van der Waals surface area (Å²) in [7, 11) is 1.55. The molecule has 1 aromatic heterocycles. The van der Waals surface area contributed by atoms with Crippen molar-refractivity contribution in [2.75, 3.05) is 20.3 Å². The van der Waals surface area contributed by atoms with Crippen LogP contribution in [0.1, 0.15) is 0 Å². The number of amides is 1. The Morgan fingerprint density at radius 2 is 2.35 bits per heavy atom. The smallest absolute Gasteiger partial charge is 0.240 e. The van der Waals surface area contributed by atoms with Gasteiger partial charge in [0.2, 0.25) is 5.91 Å². The van der Waals surface area contributed by atoms with Crippen molar-refractivity contribution in [2.45, 2.75) is 6.54 Å². The summed E-state index contributed by atoms with van der Waals surface area (Å²) in [4.78, 5) is 14.7. The largest absolute Gasteiger partial charge is 0.383 e. The molecule has 2 N–H and O–H groups in total. The molecule has 0 aliphatic rings. The van der Waals surface area contributed by atoms with Gasteiger partial charge in [0.05, 0.1) is 22.7 Å². The monoisotopic (exact) mass is 317 g/mol. The number of imidazole rings is 1. The maximum atomic E-state index is 13.5. The number of hydrogen-bond acceptors (Lipinski definition) is 3. The van der Waals surface area contributed by atoms with Crippen LogP contribution in [0.5, 0.6) is 0 Å². The average molecular weight is 318 g/mol. The number of rotatable bonds is 5. The molecule has 2 aromatic rings. The summed E-state index contributed by atoms with van der Waals surface area (Å²) in [6.07, 6.45) is 0. The lowest BCUT2D eigenvalue weighted by atomic mass is 10.3. The van der Waals surface area contributed by atoms with Crippen molar-refractivity contribution >= 4 is 40.8 Å². The molecule has 0 aliphatic carbocycles. The Kier molecular flexibility index (Phi) is 4.74. The van der Waals surface area contributed by atoms with Gasteiger partial charge in [-0.2, -0.15) is 0 Å². The molecule has 20 heavy (non-hydrogen) atoms. The first-order valence-corrected chi connectivity index (χ1v) is 6.64. The Morgan fingerprint density at radius 1 is 1.60 bits per heavy atom. The van der Waals surface area contributed by atoms with Crippen LogP contribution in [0.2, 0.25) is 5.02 Å². The molecule has 0 radical (unpaired) electrons. The minimum Gasteiger partial charge on any atom is -0.383 e. The number of ether oxygens (including phenoxy) is 1. The van der Waals surface area contributed by atoms with Gasteiger partial charge in [-0.15, -0.1) is 0 Å². The number of hydrogen-bond donors (Lipinski definition) is 2. The second kappa shape index (κ2) is 6.34. The van der Waals surface area contributed by atoms with Crippen LogP contribution in [0.15, 0.2) is 12.1 Å². The van der Waals surface area contributed by atoms with Crippen LogP contribution < -0.4 is 5.32 Å². The van der Waals surface area contributed by atoms with E-state index in [1.807, 2.05) is 0 Å². The summed E-state index contributed by atoms with van der Waals surface area (Å²) in [5.74, 6) is -0.781. The summed E-state index contributed by atoms with van der Waals surface area (Å²) in [6, 6.07) is 2.70. The molecule has 0 saturated heterocycles. The summed E-state index contributed by atoms with van der Waals surface area (Å²) in [6.45, 7) is 0.837. The highest BCUT2D eigenvalue weighted by Crippen LogP contribution is 2.22. The molecule has 0 fully saturated rings. The van der Waals surface area contributed by atoms with Gasteiger partial charge in [0.1, 0.15) is 12.4 Å². The van der Waals surface area contributed by atoms with Gasteiger partial charge in [-0.1, -0.05) is 11.6 Å². The van der Waals surface area contributed by atoms with E-state index in [0.29, 0.717) is 29.0 Å². The predicted molar refractivity (Wildman–Crippen MR) is 77.0 cm³/mol. The summed E-state index contributed by atoms with van der Waals surface area (Å²) in [5, 5.41) is 2.68. The number of carbonyl (C=O) groups is 1. The minimum atomic E-state index is -0.554. The van der Waals surface area contributed by atoms with Gasteiger partial charge < -0.3 is 19.6 Å². The molecule has 0 saturated carbocycles. The average Bonchev–Trinajstić information content (AvgIpc) is 2.67. The molecule has 8 heteroatoms. The van der Waals surface area contributed by atoms with Crippen LogP contribution in [0.3, 0.4) is 0 Å². The summed E-state index contributed by atoms with van der Waals surface area (Å²) in [5.41, 5.74) is 1.09. The van der Waals surface area contributed by atoms with E-state index in [9.17, 15) is 9.18 Å². The van der Waals surface area contributed by atoms with E-state index >= 15 is 0 Å². The van der Waals surface area contributed by atoms with E-state index in [1.165, 1.54) is 16.7 Å². The number of aromatic amines is 1. The molecule has 0 unspecified atom stereocenters. The fraction of sp³-hybridized carbons (Fsp3) is 0.333. The van der Waals surface area contributed by atoms with Gasteiger partial charge in [0, 0.05) is 19.7 Å². The Hall–Kier alpha value is -1.44. The lowest BCUT2D eigenvalue weighted by Crippen LogP contribution is -2.30. The molecule has 1 heterocycles. The van der Waals surface area contributed by atoms with Crippen molar-refractivity contribution < 1.29 is 13.9 Å². The van der Waals surface area contributed by atoms with Gasteiger partial charge >= 0.3 is 0 Å². The van der Waals surface area contributed by atoms with Crippen LogP contribution in [-0.2, 0) is 16.1 Å². The first-order valence-electron chi connectivity index (χ1n) is 5.86. The van der Waals surface area contributed by atoms with E-state index in [1.54, 1.807) is 7.11 Å². The highest BCUT2D eigenvalue weighted by Gasteiger charge is 2.11. The SMILES string of the molecule is COCCNC(=O)Cn1c(=S)[nH]c2cc(Cl)c(F)cc21. The van der Waals surface area contributed by atoms with E-state index in [2.05, 4.69) is 10.3 Å². The number of nitrogens with zero attached hydrogens (tertiary/aromatic N) is 1. The van der Waals surface area contributed by atoms with Gasteiger partial charge in [0.25, 0.3) is 0 Å². The Morgan fingerprint density at radius 3 is 3.05 bits per heavy atom. The second-order valence-corrected chi connectivity index (χ2v) is 4.94. The van der Waals surface area contributed by atoms with Crippen molar-refractivity contribution in [1.29, 1.82) is 0 Å². The van der Waals surface area contributed by atoms with E-state index in [4.69, 9.17) is 28.6 Å². The van der Waals surface area contributed by atoms with Crippen LogP contribution in [0, 0.1) is 10.6 Å². The van der Waals surface area contributed by atoms with Gasteiger partial charge in [-0.05, 0) is 18.3 Å². The van der Waals surface area contributed by atoms with E-state index < -0.39 is 5.82 Å². The van der Waals surface area contributed by atoms with Gasteiger partial charge in [-0.25, -0.2) is 4.39 Å². The molecule has 0 spiro atoms. The number of nitrogens with one attached hydrogen (secondary N) is 2. The number of H-pyrrole nitrogens is 1. The third-order valence-corrected chi connectivity index (χ3v) is 3.36. The second-order valence-electron chi connectivity index (χ2n) is 4.14. The standard InChI is InChI=1S/C12H13ClFN3O2S/c1-19-3-2-15-11(18)6-17-10-5-8(14)7(13)4-9(10)16-12(17)20/h4-5H,2-3,6H2,1H3,(H,15,18)(H,16,20). The number of benzene rings is 1. The zero-order valence-electron chi connectivity index (χ0n) is 10.7. The Labute approximate surface area is 124 Å². The highest BCUT2D eigenvalue weighted by molar-refractivity contribution is 7.71. The van der Waals surface area contributed by atoms with Crippen LogP contribution >= 0.6 is 23.8 Å². The number of halogens is 2.